The van der Waals surface area contributed by atoms with Crippen LogP contribution in [0.2, 0.25) is 0 Å². The highest BCUT2D eigenvalue weighted by molar-refractivity contribution is 5.79. The van der Waals surface area contributed by atoms with Crippen LogP contribution < -0.4 is 0 Å². The second-order valence-electron chi connectivity index (χ2n) is 6.20. The lowest BCUT2D eigenvalue weighted by molar-refractivity contribution is -0.192. The second kappa shape index (κ2) is 5.36. The highest BCUT2D eigenvalue weighted by Gasteiger charge is 2.40. The smallest absolute Gasteiger partial charge is 0.409 e. The number of nitrogens with zero attached hydrogens (tertiary/aromatic N) is 1. The summed E-state index contributed by atoms with van der Waals surface area (Å²) >= 11 is 0. The van der Waals surface area contributed by atoms with Gasteiger partial charge in [-0.15, -0.1) is 0 Å². The van der Waals surface area contributed by atoms with Crippen LogP contribution in [0.25, 0.3) is 0 Å². The normalized spacial score (nSPS) is 20.5. The van der Waals surface area contributed by atoms with Gasteiger partial charge in [-0.3, -0.25) is 4.90 Å². The summed E-state index contributed by atoms with van der Waals surface area (Å²) in [6.45, 7) is 8.96. The van der Waals surface area contributed by atoms with Crippen molar-refractivity contribution in [3.05, 3.63) is 0 Å². The average molecular weight is 273 g/mol. The third-order valence-electron chi connectivity index (χ3n) is 2.76. The molecule has 1 fully saturated rings. The number of carboxylic acid groups (broad SMARTS) is 1. The predicted molar refractivity (Wildman–Crippen MR) is 68.8 cm³/mol. The van der Waals surface area contributed by atoms with Crippen molar-refractivity contribution in [3.8, 4) is 0 Å². The molecule has 1 saturated heterocycles. The maximum Gasteiger partial charge on any atom is 0.409 e. The zero-order valence-electron chi connectivity index (χ0n) is 12.2. The summed E-state index contributed by atoms with van der Waals surface area (Å²) in [5.74, 6) is -0.489. The Morgan fingerprint density at radius 2 is 1.79 bits per heavy atom. The molecule has 0 aliphatic carbocycles. The summed E-state index contributed by atoms with van der Waals surface area (Å²) in [5.41, 5.74) is -1.77. The summed E-state index contributed by atoms with van der Waals surface area (Å²) in [4.78, 5) is 24.3. The molecule has 1 aliphatic heterocycles. The minimum Gasteiger partial charge on any atom is -0.465 e. The van der Waals surface area contributed by atoms with Crippen LogP contribution in [0.5, 0.6) is 0 Å². The second-order valence-corrected chi connectivity index (χ2v) is 6.20. The van der Waals surface area contributed by atoms with Crippen molar-refractivity contribution in [1.29, 1.82) is 0 Å². The van der Waals surface area contributed by atoms with E-state index >= 15 is 0 Å². The largest absolute Gasteiger partial charge is 0.465 e. The van der Waals surface area contributed by atoms with Crippen LogP contribution in [-0.4, -0.2) is 46.0 Å². The van der Waals surface area contributed by atoms with E-state index in [9.17, 15) is 9.59 Å². The molecular weight excluding hydrogens is 250 g/mol. The van der Waals surface area contributed by atoms with Crippen LogP contribution in [0.3, 0.4) is 0 Å². The zero-order valence-corrected chi connectivity index (χ0v) is 12.2. The molecule has 6 heteroatoms. The van der Waals surface area contributed by atoms with Gasteiger partial charge in [0.1, 0.15) is 11.8 Å². The van der Waals surface area contributed by atoms with Crippen molar-refractivity contribution in [1.82, 2.24) is 4.90 Å². The number of hydrogen-bond acceptors (Lipinski definition) is 4. The first-order valence-electron chi connectivity index (χ1n) is 6.44. The third kappa shape index (κ3) is 4.38. The van der Waals surface area contributed by atoms with Gasteiger partial charge in [-0.05, 0) is 47.5 Å². The van der Waals surface area contributed by atoms with Crippen molar-refractivity contribution in [2.24, 2.45) is 0 Å². The molecule has 1 heterocycles. The number of likely N-dealkylation sites (tertiary alicyclic amines) is 1. The molecule has 110 valence electrons. The van der Waals surface area contributed by atoms with E-state index in [1.165, 1.54) is 4.90 Å². The molecule has 0 aromatic carbocycles. The number of ether oxygens (including phenoxy) is 2. The number of carbonyl (C=O) groups is 2. The summed E-state index contributed by atoms with van der Waals surface area (Å²) in [5, 5.41) is 9.04. The van der Waals surface area contributed by atoms with E-state index in [4.69, 9.17) is 14.6 Å². The van der Waals surface area contributed by atoms with Crippen molar-refractivity contribution in [2.75, 3.05) is 6.54 Å². The van der Waals surface area contributed by atoms with Gasteiger partial charge in [0.2, 0.25) is 0 Å². The van der Waals surface area contributed by atoms with Crippen molar-refractivity contribution < 1.29 is 24.2 Å². The topological polar surface area (TPSA) is 76.1 Å². The van der Waals surface area contributed by atoms with E-state index in [2.05, 4.69) is 0 Å². The maximum absolute atomic E-state index is 12.0. The Morgan fingerprint density at radius 1 is 1.21 bits per heavy atom. The Morgan fingerprint density at radius 3 is 2.26 bits per heavy atom. The van der Waals surface area contributed by atoms with Gasteiger partial charge < -0.3 is 14.6 Å². The van der Waals surface area contributed by atoms with Gasteiger partial charge in [-0.2, -0.15) is 0 Å². The molecule has 0 aromatic rings. The molecule has 0 saturated carbocycles. The van der Waals surface area contributed by atoms with Gasteiger partial charge in [0.05, 0.1) is 0 Å². The van der Waals surface area contributed by atoms with Crippen LogP contribution in [0.1, 0.15) is 47.5 Å². The lowest BCUT2D eigenvalue weighted by Crippen LogP contribution is -2.47. The predicted octanol–water partition coefficient (Wildman–Crippen LogP) is 2.22. The molecule has 0 spiro atoms. The van der Waals surface area contributed by atoms with Crippen molar-refractivity contribution in [2.45, 2.75) is 64.9 Å². The summed E-state index contributed by atoms with van der Waals surface area (Å²) in [6.07, 6.45) is -0.276. The molecule has 1 amide bonds. The Bertz CT molecular complexity index is 359. The first kappa shape index (κ1) is 15.8. The molecule has 0 unspecified atom stereocenters. The number of hydrogen-bond donors (Lipinski definition) is 1. The monoisotopic (exact) mass is 273 g/mol. The van der Waals surface area contributed by atoms with E-state index in [1.54, 1.807) is 34.6 Å². The van der Waals surface area contributed by atoms with Crippen molar-refractivity contribution in [3.63, 3.8) is 0 Å². The maximum atomic E-state index is 12.0. The van der Waals surface area contributed by atoms with Crippen LogP contribution >= 0.6 is 0 Å². The molecular formula is C13H23NO5. The molecule has 6 nitrogen and oxygen atoms in total. The minimum absolute atomic E-state index is 0.435. The zero-order chi connectivity index (χ0) is 14.8. The number of esters is 1. The van der Waals surface area contributed by atoms with E-state index < -0.39 is 29.5 Å². The van der Waals surface area contributed by atoms with E-state index in [0.29, 0.717) is 13.0 Å². The Hall–Kier alpha value is -1.30. The van der Waals surface area contributed by atoms with E-state index in [0.717, 1.165) is 6.42 Å². The number of amides is 1. The lowest BCUT2D eigenvalue weighted by Gasteiger charge is -2.33. The first-order chi connectivity index (χ1) is 8.53. The fraction of sp³-hybridized carbons (Fsp3) is 0.846. The first-order valence-corrected chi connectivity index (χ1v) is 6.44. The molecule has 1 N–H and O–H groups in total. The number of carbonyl (C=O) groups excluding carboxylic acids is 1. The minimum atomic E-state index is -1.17. The van der Waals surface area contributed by atoms with E-state index in [1.807, 2.05) is 0 Å². The average Bonchev–Trinajstić information content (AvgIpc) is 2.62. The van der Waals surface area contributed by atoms with Gasteiger partial charge in [0.25, 0.3) is 0 Å². The van der Waals surface area contributed by atoms with Gasteiger partial charge in [0, 0.05) is 6.54 Å². The van der Waals surface area contributed by atoms with Gasteiger partial charge in [-0.25, -0.2) is 9.59 Å². The molecule has 19 heavy (non-hydrogen) atoms. The van der Waals surface area contributed by atoms with Crippen molar-refractivity contribution >= 4 is 12.1 Å². The van der Waals surface area contributed by atoms with E-state index in [-0.39, 0.29) is 0 Å². The van der Waals surface area contributed by atoms with Crippen LogP contribution in [-0.2, 0) is 14.3 Å². The Labute approximate surface area is 113 Å². The molecule has 0 bridgehead atoms. The molecule has 0 radical (unpaired) electrons. The molecule has 1 rings (SSSR count). The van der Waals surface area contributed by atoms with Gasteiger partial charge >= 0.3 is 12.1 Å². The highest BCUT2D eigenvalue weighted by atomic mass is 16.6. The third-order valence-corrected chi connectivity index (χ3v) is 2.76. The molecule has 1 aliphatic rings. The quantitative estimate of drug-likeness (QED) is 0.798. The lowest BCUT2D eigenvalue weighted by atomic mass is 10.1. The van der Waals surface area contributed by atoms with Crippen LogP contribution in [0.15, 0.2) is 0 Å². The van der Waals surface area contributed by atoms with Gasteiger partial charge in [0.15, 0.2) is 5.60 Å². The van der Waals surface area contributed by atoms with Crippen LogP contribution in [0, 0.1) is 0 Å². The van der Waals surface area contributed by atoms with Gasteiger partial charge in [-0.1, -0.05) is 0 Å². The SMILES string of the molecule is CC(C)(C)OC(=O)C(C)(C)O[C@H]1CCCN1C(=O)O. The standard InChI is InChI=1S/C13H23NO5/c1-12(2,3)19-10(15)13(4,5)18-9-7-6-8-14(9)11(16)17/h9H,6-8H2,1-5H3,(H,16,17)/t9-/m0/s1. The molecule has 0 aromatic heterocycles. The fourth-order valence-corrected chi connectivity index (χ4v) is 1.87. The highest BCUT2D eigenvalue weighted by Crippen LogP contribution is 2.26. The summed E-state index contributed by atoms with van der Waals surface area (Å²) in [7, 11) is 0. The summed E-state index contributed by atoms with van der Waals surface area (Å²) < 4.78 is 10.9. The Kier molecular flexibility index (Phi) is 4.45. The summed E-state index contributed by atoms with van der Waals surface area (Å²) in [6, 6.07) is 0. The molecule has 1 atom stereocenters. The fourth-order valence-electron chi connectivity index (χ4n) is 1.87. The van der Waals surface area contributed by atoms with Crippen LogP contribution in [0.4, 0.5) is 4.79 Å². The number of rotatable bonds is 3. The Balaban J connectivity index is 2.68.